The fourth-order valence-corrected chi connectivity index (χ4v) is 2.69. The Balaban J connectivity index is 2.03. The van der Waals surface area contributed by atoms with Gasteiger partial charge in [0.1, 0.15) is 0 Å². The number of rotatable bonds is 6. The minimum atomic E-state index is -3.31. The van der Waals surface area contributed by atoms with Gasteiger partial charge in [-0.3, -0.25) is 9.52 Å². The van der Waals surface area contributed by atoms with E-state index in [1.54, 1.807) is 31.2 Å². The van der Waals surface area contributed by atoms with E-state index in [0.717, 1.165) is 5.56 Å². The maximum absolute atomic E-state index is 12.2. The molecule has 2 N–H and O–H groups in total. The molecule has 0 unspecified atom stereocenters. The molecule has 0 aromatic heterocycles. The number of anilines is 1. The predicted molar refractivity (Wildman–Crippen MR) is 91.8 cm³/mol. The van der Waals surface area contributed by atoms with Crippen LogP contribution >= 0.6 is 0 Å². The minimum Gasteiger partial charge on any atom is -0.346 e. The standard InChI is InChI=1S/C17H20N2O3S/c1-3-23(21,22)19-16-11-9-15(10-12-16)17(20)18-13(2)14-7-5-4-6-8-14/h4-13,19H,3H2,1-2H3,(H,18,20)/t13-/m0/s1. The largest absolute Gasteiger partial charge is 0.346 e. The van der Waals surface area contributed by atoms with Crippen LogP contribution in [0.15, 0.2) is 54.6 Å². The van der Waals surface area contributed by atoms with Crippen LogP contribution in [-0.2, 0) is 10.0 Å². The Labute approximate surface area is 136 Å². The van der Waals surface area contributed by atoms with Crippen LogP contribution < -0.4 is 10.0 Å². The molecule has 122 valence electrons. The first-order chi connectivity index (χ1) is 10.9. The van der Waals surface area contributed by atoms with Crippen molar-refractivity contribution < 1.29 is 13.2 Å². The zero-order valence-electron chi connectivity index (χ0n) is 13.1. The third-order valence-corrected chi connectivity index (χ3v) is 4.75. The second-order valence-electron chi connectivity index (χ2n) is 5.19. The molecule has 23 heavy (non-hydrogen) atoms. The zero-order valence-corrected chi connectivity index (χ0v) is 13.9. The Morgan fingerprint density at radius 2 is 1.65 bits per heavy atom. The lowest BCUT2D eigenvalue weighted by molar-refractivity contribution is 0.0940. The van der Waals surface area contributed by atoms with Crippen molar-refractivity contribution in [2.24, 2.45) is 0 Å². The molecule has 0 heterocycles. The van der Waals surface area contributed by atoms with E-state index in [1.807, 2.05) is 37.3 Å². The molecule has 0 spiro atoms. The van der Waals surface area contributed by atoms with Crippen LogP contribution in [0.2, 0.25) is 0 Å². The van der Waals surface area contributed by atoms with E-state index < -0.39 is 10.0 Å². The second-order valence-corrected chi connectivity index (χ2v) is 7.20. The van der Waals surface area contributed by atoms with Crippen molar-refractivity contribution in [1.29, 1.82) is 0 Å². The summed E-state index contributed by atoms with van der Waals surface area (Å²) in [5.41, 5.74) is 1.94. The van der Waals surface area contributed by atoms with Gasteiger partial charge in [-0.1, -0.05) is 30.3 Å². The van der Waals surface area contributed by atoms with Crippen molar-refractivity contribution in [3.8, 4) is 0 Å². The molecule has 0 saturated carbocycles. The van der Waals surface area contributed by atoms with Gasteiger partial charge in [0, 0.05) is 11.3 Å². The lowest BCUT2D eigenvalue weighted by atomic mass is 10.1. The summed E-state index contributed by atoms with van der Waals surface area (Å²) in [5.74, 6) is -0.199. The zero-order chi connectivity index (χ0) is 16.9. The molecule has 0 bridgehead atoms. The maximum atomic E-state index is 12.2. The average molecular weight is 332 g/mol. The molecule has 6 heteroatoms. The van der Waals surface area contributed by atoms with Crippen molar-refractivity contribution in [3.05, 3.63) is 65.7 Å². The lowest BCUT2D eigenvalue weighted by Crippen LogP contribution is -2.26. The summed E-state index contributed by atoms with van der Waals surface area (Å²) < 4.78 is 25.4. The first-order valence-corrected chi connectivity index (χ1v) is 9.03. The molecule has 0 saturated heterocycles. The number of carbonyl (C=O) groups excluding carboxylic acids is 1. The van der Waals surface area contributed by atoms with Gasteiger partial charge in [-0.15, -0.1) is 0 Å². The van der Waals surface area contributed by atoms with Gasteiger partial charge in [-0.05, 0) is 43.7 Å². The van der Waals surface area contributed by atoms with Gasteiger partial charge in [0.15, 0.2) is 0 Å². The molecule has 2 aromatic carbocycles. The molecule has 0 aliphatic heterocycles. The monoisotopic (exact) mass is 332 g/mol. The fraction of sp³-hybridized carbons (Fsp3) is 0.235. The summed E-state index contributed by atoms with van der Waals surface area (Å²) in [4.78, 5) is 12.2. The number of nitrogens with one attached hydrogen (secondary N) is 2. The van der Waals surface area contributed by atoms with Crippen LogP contribution in [0.25, 0.3) is 0 Å². The first kappa shape index (κ1) is 17.0. The highest BCUT2D eigenvalue weighted by Gasteiger charge is 2.12. The number of hydrogen-bond acceptors (Lipinski definition) is 3. The molecule has 5 nitrogen and oxygen atoms in total. The number of hydrogen-bond donors (Lipinski definition) is 2. The third-order valence-electron chi connectivity index (χ3n) is 3.45. The number of carbonyl (C=O) groups is 1. The fourth-order valence-electron chi connectivity index (χ4n) is 2.05. The highest BCUT2D eigenvalue weighted by Crippen LogP contribution is 2.14. The molecule has 0 aliphatic rings. The molecule has 0 aliphatic carbocycles. The minimum absolute atomic E-state index is 0.00380. The summed E-state index contributed by atoms with van der Waals surface area (Å²) in [7, 11) is -3.31. The van der Waals surface area contributed by atoms with Gasteiger partial charge in [0.2, 0.25) is 10.0 Å². The van der Waals surface area contributed by atoms with Crippen molar-refractivity contribution >= 4 is 21.6 Å². The molecule has 1 atom stereocenters. The van der Waals surface area contributed by atoms with Crippen LogP contribution in [0.4, 0.5) is 5.69 Å². The summed E-state index contributed by atoms with van der Waals surface area (Å²) in [6, 6.07) is 15.9. The highest BCUT2D eigenvalue weighted by atomic mass is 32.2. The Bertz CT molecular complexity index is 756. The average Bonchev–Trinajstić information content (AvgIpc) is 2.56. The third kappa shape index (κ3) is 4.82. The van der Waals surface area contributed by atoms with Crippen molar-refractivity contribution in [2.45, 2.75) is 19.9 Å². The number of amides is 1. The van der Waals surface area contributed by atoms with E-state index in [9.17, 15) is 13.2 Å². The van der Waals surface area contributed by atoms with Crippen LogP contribution in [-0.4, -0.2) is 20.1 Å². The van der Waals surface area contributed by atoms with Crippen LogP contribution in [0.5, 0.6) is 0 Å². The molecule has 2 rings (SSSR count). The van der Waals surface area contributed by atoms with Gasteiger partial charge in [-0.2, -0.15) is 0 Å². The topological polar surface area (TPSA) is 75.3 Å². The van der Waals surface area contributed by atoms with Gasteiger partial charge in [0.05, 0.1) is 11.8 Å². The number of benzene rings is 2. The van der Waals surface area contributed by atoms with Crippen LogP contribution in [0, 0.1) is 0 Å². The van der Waals surface area contributed by atoms with Crippen LogP contribution in [0.3, 0.4) is 0 Å². The molecule has 0 fully saturated rings. The Morgan fingerprint density at radius 1 is 1.04 bits per heavy atom. The van der Waals surface area contributed by atoms with Gasteiger partial charge in [0.25, 0.3) is 5.91 Å². The second kappa shape index (κ2) is 7.28. The molecular formula is C17H20N2O3S. The Hall–Kier alpha value is -2.34. The smallest absolute Gasteiger partial charge is 0.251 e. The normalized spacial score (nSPS) is 12.4. The van der Waals surface area contributed by atoms with Crippen molar-refractivity contribution in [2.75, 3.05) is 10.5 Å². The summed E-state index contributed by atoms with van der Waals surface area (Å²) in [5, 5.41) is 2.91. The molecule has 0 radical (unpaired) electrons. The van der Waals surface area contributed by atoms with E-state index in [2.05, 4.69) is 10.0 Å². The van der Waals surface area contributed by atoms with E-state index in [0.29, 0.717) is 11.3 Å². The SMILES string of the molecule is CCS(=O)(=O)Nc1ccc(C(=O)N[C@@H](C)c2ccccc2)cc1. The van der Waals surface area contributed by atoms with E-state index in [-0.39, 0.29) is 17.7 Å². The first-order valence-electron chi connectivity index (χ1n) is 7.37. The maximum Gasteiger partial charge on any atom is 0.251 e. The Morgan fingerprint density at radius 3 is 2.22 bits per heavy atom. The van der Waals surface area contributed by atoms with Crippen LogP contribution in [0.1, 0.15) is 35.8 Å². The molecule has 2 aromatic rings. The summed E-state index contributed by atoms with van der Waals surface area (Å²) in [6.07, 6.45) is 0. The van der Waals surface area contributed by atoms with Crippen molar-refractivity contribution in [1.82, 2.24) is 5.32 Å². The Kier molecular flexibility index (Phi) is 5.39. The lowest BCUT2D eigenvalue weighted by Gasteiger charge is -2.14. The highest BCUT2D eigenvalue weighted by molar-refractivity contribution is 7.92. The van der Waals surface area contributed by atoms with E-state index in [1.165, 1.54) is 0 Å². The van der Waals surface area contributed by atoms with E-state index >= 15 is 0 Å². The number of sulfonamides is 1. The quantitative estimate of drug-likeness (QED) is 0.854. The summed E-state index contributed by atoms with van der Waals surface area (Å²) >= 11 is 0. The van der Waals surface area contributed by atoms with E-state index in [4.69, 9.17) is 0 Å². The van der Waals surface area contributed by atoms with Gasteiger partial charge >= 0.3 is 0 Å². The molecule has 1 amide bonds. The van der Waals surface area contributed by atoms with Gasteiger partial charge < -0.3 is 5.32 Å². The molecular weight excluding hydrogens is 312 g/mol. The summed E-state index contributed by atoms with van der Waals surface area (Å²) in [6.45, 7) is 3.48. The van der Waals surface area contributed by atoms with Gasteiger partial charge in [-0.25, -0.2) is 8.42 Å². The predicted octanol–water partition coefficient (Wildman–Crippen LogP) is 2.94. The van der Waals surface area contributed by atoms with Crippen molar-refractivity contribution in [3.63, 3.8) is 0 Å².